The van der Waals surface area contributed by atoms with Gasteiger partial charge in [-0.05, 0) is 48.5 Å². The molecule has 0 aliphatic heterocycles. The van der Waals surface area contributed by atoms with Crippen molar-refractivity contribution in [3.05, 3.63) is 59.7 Å². The van der Waals surface area contributed by atoms with Gasteiger partial charge in [0.05, 0.1) is 17.6 Å². The Hall–Kier alpha value is -2.59. The summed E-state index contributed by atoms with van der Waals surface area (Å²) in [6.45, 7) is -0.115. The van der Waals surface area contributed by atoms with Crippen LogP contribution in [0.15, 0.2) is 53.4 Å². The minimum Gasteiger partial charge on any atom is -0.497 e. The smallest absolute Gasteiger partial charge is 0.416 e. The topological polar surface area (TPSA) is 84.5 Å². The third-order valence-corrected chi connectivity index (χ3v) is 5.02. The third kappa shape index (κ3) is 5.69. The Balaban J connectivity index is 1.85. The van der Waals surface area contributed by atoms with Crippen LogP contribution in [0.2, 0.25) is 0 Å². The maximum Gasteiger partial charge on any atom is 0.416 e. The Morgan fingerprint density at radius 3 is 2.11 bits per heavy atom. The van der Waals surface area contributed by atoms with Crippen molar-refractivity contribution in [1.29, 1.82) is 0 Å². The lowest BCUT2D eigenvalue weighted by Gasteiger charge is -2.10. The van der Waals surface area contributed by atoms with Gasteiger partial charge in [0.2, 0.25) is 10.0 Å². The Bertz CT molecular complexity index is 880. The molecule has 1 amide bonds. The molecule has 0 radical (unpaired) electrons. The lowest BCUT2D eigenvalue weighted by Crippen LogP contribution is -2.34. The number of sulfonamides is 1. The van der Waals surface area contributed by atoms with Gasteiger partial charge in [0.15, 0.2) is 0 Å². The SMILES string of the molecule is COc1ccc(S(=O)(=O)NCCNC(=O)c2ccc(C(F)(F)F)cc2)cc1. The molecule has 0 aliphatic carbocycles. The maximum atomic E-state index is 12.5. The van der Waals surface area contributed by atoms with Crippen molar-refractivity contribution in [3.8, 4) is 5.75 Å². The molecule has 2 aromatic carbocycles. The summed E-state index contributed by atoms with van der Waals surface area (Å²) in [5.74, 6) is -0.0925. The first-order chi connectivity index (χ1) is 12.6. The molecule has 2 aromatic rings. The zero-order chi connectivity index (χ0) is 20.1. The molecule has 0 aromatic heterocycles. The van der Waals surface area contributed by atoms with Crippen LogP contribution < -0.4 is 14.8 Å². The standard InChI is InChI=1S/C17H17F3N2O4S/c1-26-14-6-8-15(9-7-14)27(24,25)22-11-10-21-16(23)12-2-4-13(5-3-12)17(18,19)20/h2-9,22H,10-11H2,1H3,(H,21,23). The molecule has 6 nitrogen and oxygen atoms in total. The molecule has 2 N–H and O–H groups in total. The predicted octanol–water partition coefficient (Wildman–Crippen LogP) is 2.42. The van der Waals surface area contributed by atoms with Crippen LogP contribution in [-0.2, 0) is 16.2 Å². The van der Waals surface area contributed by atoms with Crippen LogP contribution in [0.5, 0.6) is 5.75 Å². The van der Waals surface area contributed by atoms with Crippen molar-refractivity contribution >= 4 is 15.9 Å². The zero-order valence-corrected chi connectivity index (χ0v) is 15.0. The van der Waals surface area contributed by atoms with E-state index in [1.54, 1.807) is 0 Å². The summed E-state index contributed by atoms with van der Waals surface area (Å²) in [4.78, 5) is 11.9. The molecule has 0 aliphatic rings. The normalized spacial score (nSPS) is 11.9. The minimum atomic E-state index is -4.48. The molecule has 10 heteroatoms. The van der Waals surface area contributed by atoms with Gasteiger partial charge < -0.3 is 10.1 Å². The average molecular weight is 402 g/mol. The van der Waals surface area contributed by atoms with Gasteiger partial charge in [-0.25, -0.2) is 13.1 Å². The summed E-state index contributed by atoms with van der Waals surface area (Å²) in [6, 6.07) is 9.48. The molecular formula is C17H17F3N2O4S. The van der Waals surface area contributed by atoms with Gasteiger partial charge in [0.25, 0.3) is 5.91 Å². The van der Waals surface area contributed by atoms with E-state index in [2.05, 4.69) is 10.0 Å². The van der Waals surface area contributed by atoms with Crippen LogP contribution in [-0.4, -0.2) is 34.5 Å². The number of alkyl halides is 3. The van der Waals surface area contributed by atoms with Crippen molar-refractivity contribution in [2.24, 2.45) is 0 Å². The highest BCUT2D eigenvalue weighted by Crippen LogP contribution is 2.29. The monoisotopic (exact) mass is 402 g/mol. The number of benzene rings is 2. The first kappa shape index (κ1) is 20.7. The first-order valence-electron chi connectivity index (χ1n) is 7.72. The van der Waals surface area contributed by atoms with E-state index in [4.69, 9.17) is 4.74 Å². The summed E-state index contributed by atoms with van der Waals surface area (Å²) < 4.78 is 69.0. The molecule has 27 heavy (non-hydrogen) atoms. The number of carbonyl (C=O) groups is 1. The van der Waals surface area contributed by atoms with Crippen molar-refractivity contribution < 1.29 is 31.1 Å². The number of hydrogen-bond donors (Lipinski definition) is 2. The minimum absolute atomic E-state index is 0.0325. The number of halogens is 3. The first-order valence-corrected chi connectivity index (χ1v) is 9.21. The van der Waals surface area contributed by atoms with E-state index < -0.39 is 27.7 Å². The fourth-order valence-corrected chi connectivity index (χ4v) is 3.14. The summed E-state index contributed by atoms with van der Waals surface area (Å²) in [6.07, 6.45) is -4.48. The molecule has 146 valence electrons. The molecule has 0 heterocycles. The second-order valence-corrected chi connectivity index (χ2v) is 7.17. The average Bonchev–Trinajstić information content (AvgIpc) is 2.64. The summed E-state index contributed by atoms with van der Waals surface area (Å²) >= 11 is 0. The van der Waals surface area contributed by atoms with E-state index in [1.807, 2.05) is 0 Å². The third-order valence-electron chi connectivity index (χ3n) is 3.55. The zero-order valence-electron chi connectivity index (χ0n) is 14.2. The summed E-state index contributed by atoms with van der Waals surface area (Å²) in [5.41, 5.74) is -0.813. The fourth-order valence-electron chi connectivity index (χ4n) is 2.11. The van der Waals surface area contributed by atoms with E-state index in [-0.39, 0.29) is 23.5 Å². The van der Waals surface area contributed by atoms with E-state index in [0.717, 1.165) is 24.3 Å². The number of nitrogens with one attached hydrogen (secondary N) is 2. The molecule has 0 atom stereocenters. The van der Waals surface area contributed by atoms with Crippen LogP contribution in [0, 0.1) is 0 Å². The Kier molecular flexibility index (Phi) is 6.45. The van der Waals surface area contributed by atoms with Crippen molar-refractivity contribution in [1.82, 2.24) is 10.0 Å². The molecule has 2 rings (SSSR count). The number of rotatable bonds is 7. The van der Waals surface area contributed by atoms with E-state index in [1.165, 1.54) is 31.4 Å². The summed E-state index contributed by atoms with van der Waals surface area (Å²) in [5, 5.41) is 2.43. The van der Waals surface area contributed by atoms with Gasteiger partial charge in [0.1, 0.15) is 5.75 Å². The van der Waals surface area contributed by atoms with E-state index in [0.29, 0.717) is 5.75 Å². The Morgan fingerprint density at radius 1 is 1.00 bits per heavy atom. The lowest BCUT2D eigenvalue weighted by molar-refractivity contribution is -0.137. The number of hydrogen-bond acceptors (Lipinski definition) is 4. The predicted molar refractivity (Wildman–Crippen MR) is 92.0 cm³/mol. The molecule has 0 saturated carbocycles. The van der Waals surface area contributed by atoms with Crippen molar-refractivity contribution in [2.45, 2.75) is 11.1 Å². The highest BCUT2D eigenvalue weighted by molar-refractivity contribution is 7.89. The van der Waals surface area contributed by atoms with Gasteiger partial charge in [-0.2, -0.15) is 13.2 Å². The van der Waals surface area contributed by atoms with Crippen LogP contribution in [0.3, 0.4) is 0 Å². The van der Waals surface area contributed by atoms with Crippen molar-refractivity contribution in [3.63, 3.8) is 0 Å². The highest BCUT2D eigenvalue weighted by atomic mass is 32.2. The van der Waals surface area contributed by atoms with Gasteiger partial charge in [-0.3, -0.25) is 4.79 Å². The molecular weight excluding hydrogens is 385 g/mol. The van der Waals surface area contributed by atoms with Gasteiger partial charge >= 0.3 is 6.18 Å². The number of ether oxygens (including phenoxy) is 1. The lowest BCUT2D eigenvalue weighted by atomic mass is 10.1. The van der Waals surface area contributed by atoms with Crippen LogP contribution >= 0.6 is 0 Å². The van der Waals surface area contributed by atoms with E-state index >= 15 is 0 Å². The van der Waals surface area contributed by atoms with Crippen molar-refractivity contribution in [2.75, 3.05) is 20.2 Å². The molecule has 0 unspecified atom stereocenters. The van der Waals surface area contributed by atoms with E-state index in [9.17, 15) is 26.4 Å². The molecule has 0 spiro atoms. The van der Waals surface area contributed by atoms with Crippen LogP contribution in [0.1, 0.15) is 15.9 Å². The Labute approximate surface area is 154 Å². The Morgan fingerprint density at radius 2 is 1.59 bits per heavy atom. The molecule has 0 saturated heterocycles. The fraction of sp³-hybridized carbons (Fsp3) is 0.235. The van der Waals surface area contributed by atoms with Gasteiger partial charge in [-0.1, -0.05) is 0 Å². The largest absolute Gasteiger partial charge is 0.497 e. The second kappa shape index (κ2) is 8.40. The maximum absolute atomic E-state index is 12.5. The highest BCUT2D eigenvalue weighted by Gasteiger charge is 2.30. The van der Waals surface area contributed by atoms with Gasteiger partial charge in [0, 0.05) is 18.7 Å². The van der Waals surface area contributed by atoms with Crippen LogP contribution in [0.25, 0.3) is 0 Å². The molecule has 0 fully saturated rings. The quantitative estimate of drug-likeness (QED) is 0.697. The van der Waals surface area contributed by atoms with Crippen LogP contribution in [0.4, 0.5) is 13.2 Å². The molecule has 0 bridgehead atoms. The summed E-state index contributed by atoms with van der Waals surface area (Å²) in [7, 11) is -2.29. The second-order valence-electron chi connectivity index (χ2n) is 5.40. The number of carbonyl (C=O) groups excluding carboxylic acids is 1. The van der Waals surface area contributed by atoms with Gasteiger partial charge in [-0.15, -0.1) is 0 Å². The number of methoxy groups -OCH3 is 1. The number of amides is 1.